The molecule has 0 spiro atoms. The number of rotatable bonds is 0. The molecule has 2 unspecified atom stereocenters. The van der Waals surface area contributed by atoms with Gasteiger partial charge in [-0.25, -0.2) is 5.01 Å². The van der Waals surface area contributed by atoms with E-state index < -0.39 is 0 Å². The van der Waals surface area contributed by atoms with Gasteiger partial charge in [-0.3, -0.25) is 5.84 Å². The van der Waals surface area contributed by atoms with Crippen LogP contribution in [0.1, 0.15) is 0 Å². The first-order valence-electron chi connectivity index (χ1n) is 3.70. The minimum Gasteiger partial charge on any atom is -0.370 e. The molecule has 0 amide bonds. The van der Waals surface area contributed by atoms with Gasteiger partial charge in [-0.15, -0.1) is 0 Å². The molecule has 0 saturated carbocycles. The van der Waals surface area contributed by atoms with Crippen molar-refractivity contribution >= 4 is 0 Å². The molecule has 10 heavy (non-hydrogen) atoms. The van der Waals surface area contributed by atoms with Crippen LogP contribution in [-0.4, -0.2) is 43.4 Å². The van der Waals surface area contributed by atoms with Gasteiger partial charge in [0, 0.05) is 26.2 Å². The van der Waals surface area contributed by atoms with Crippen LogP contribution >= 0.6 is 0 Å². The van der Waals surface area contributed by atoms with Crippen LogP contribution in [0.25, 0.3) is 0 Å². The number of nitrogens with two attached hydrogens (primary N) is 1. The standard InChI is InChI=1S/C6H13N3O/c7-9-3-5-1-8-2-6(4-9)10-5/h5-6,8H,1-4,7H2. The molecule has 4 nitrogen and oxygen atoms in total. The van der Waals surface area contributed by atoms with Crippen molar-refractivity contribution in [1.29, 1.82) is 0 Å². The summed E-state index contributed by atoms with van der Waals surface area (Å²) in [6.45, 7) is 3.63. The van der Waals surface area contributed by atoms with Crippen LogP contribution in [0.2, 0.25) is 0 Å². The monoisotopic (exact) mass is 143 g/mol. The van der Waals surface area contributed by atoms with Crippen molar-refractivity contribution in [3.05, 3.63) is 0 Å². The first-order valence-corrected chi connectivity index (χ1v) is 3.70. The first-order chi connectivity index (χ1) is 4.84. The molecule has 58 valence electrons. The van der Waals surface area contributed by atoms with Crippen LogP contribution in [0.4, 0.5) is 0 Å². The number of hydrogen-bond acceptors (Lipinski definition) is 4. The van der Waals surface area contributed by atoms with E-state index in [2.05, 4.69) is 5.32 Å². The van der Waals surface area contributed by atoms with Gasteiger partial charge in [-0.2, -0.15) is 0 Å². The SMILES string of the molecule is NN1CC2CNCC(C1)O2. The van der Waals surface area contributed by atoms with Crippen LogP contribution in [0.15, 0.2) is 0 Å². The molecule has 2 bridgehead atoms. The first kappa shape index (κ1) is 6.54. The van der Waals surface area contributed by atoms with Crippen molar-refractivity contribution in [2.75, 3.05) is 26.2 Å². The lowest BCUT2D eigenvalue weighted by Crippen LogP contribution is -2.60. The van der Waals surface area contributed by atoms with E-state index in [4.69, 9.17) is 10.6 Å². The van der Waals surface area contributed by atoms with Gasteiger partial charge in [0.05, 0.1) is 12.2 Å². The van der Waals surface area contributed by atoms with Crippen LogP contribution in [0, 0.1) is 0 Å². The summed E-state index contributed by atoms with van der Waals surface area (Å²) < 4.78 is 5.61. The molecule has 0 aromatic heterocycles. The zero-order chi connectivity index (χ0) is 6.97. The number of nitrogens with zero attached hydrogens (tertiary/aromatic N) is 1. The maximum Gasteiger partial charge on any atom is 0.0845 e. The number of fused-ring (bicyclic) bond motifs is 2. The van der Waals surface area contributed by atoms with Crippen LogP contribution in [0.5, 0.6) is 0 Å². The Kier molecular flexibility index (Phi) is 1.61. The second-order valence-corrected chi connectivity index (χ2v) is 2.99. The maximum absolute atomic E-state index is 5.65. The number of hydrazine groups is 1. The second kappa shape index (κ2) is 2.47. The van der Waals surface area contributed by atoms with Crippen molar-refractivity contribution in [3.63, 3.8) is 0 Å². The van der Waals surface area contributed by atoms with Crippen molar-refractivity contribution in [1.82, 2.24) is 10.3 Å². The van der Waals surface area contributed by atoms with E-state index in [1.54, 1.807) is 0 Å². The average molecular weight is 143 g/mol. The van der Waals surface area contributed by atoms with E-state index in [1.165, 1.54) is 0 Å². The van der Waals surface area contributed by atoms with Gasteiger partial charge in [0.25, 0.3) is 0 Å². The molecule has 3 N–H and O–H groups in total. The van der Waals surface area contributed by atoms with E-state index in [0.29, 0.717) is 12.2 Å². The highest BCUT2D eigenvalue weighted by Crippen LogP contribution is 2.10. The quantitative estimate of drug-likeness (QED) is 0.407. The molecule has 2 saturated heterocycles. The van der Waals surface area contributed by atoms with Gasteiger partial charge in [0.15, 0.2) is 0 Å². The van der Waals surface area contributed by atoms with Gasteiger partial charge in [0.2, 0.25) is 0 Å². The third kappa shape index (κ3) is 1.15. The summed E-state index contributed by atoms with van der Waals surface area (Å²) in [4.78, 5) is 0. The Morgan fingerprint density at radius 1 is 1.30 bits per heavy atom. The zero-order valence-electron chi connectivity index (χ0n) is 5.92. The fourth-order valence-corrected chi connectivity index (χ4v) is 1.59. The molecular weight excluding hydrogens is 130 g/mol. The molecule has 2 fully saturated rings. The maximum atomic E-state index is 5.65. The highest BCUT2D eigenvalue weighted by molar-refractivity contribution is 4.82. The highest BCUT2D eigenvalue weighted by Gasteiger charge is 2.29. The molecule has 0 aliphatic carbocycles. The van der Waals surface area contributed by atoms with E-state index in [0.717, 1.165) is 26.2 Å². The number of ether oxygens (including phenoxy) is 1. The minimum absolute atomic E-state index is 0.317. The van der Waals surface area contributed by atoms with Gasteiger partial charge >= 0.3 is 0 Å². The summed E-state index contributed by atoms with van der Waals surface area (Å²) in [6.07, 6.45) is 0.634. The topological polar surface area (TPSA) is 50.5 Å². The fraction of sp³-hybridized carbons (Fsp3) is 1.00. The lowest BCUT2D eigenvalue weighted by molar-refractivity contribution is -0.103. The third-order valence-electron chi connectivity index (χ3n) is 2.01. The van der Waals surface area contributed by atoms with Crippen molar-refractivity contribution < 1.29 is 4.74 Å². The smallest absolute Gasteiger partial charge is 0.0845 e. The predicted octanol–water partition coefficient (Wildman–Crippen LogP) is -1.47. The predicted molar refractivity (Wildman–Crippen MR) is 37.3 cm³/mol. The van der Waals surface area contributed by atoms with E-state index >= 15 is 0 Å². The molecule has 2 rings (SSSR count). The lowest BCUT2D eigenvalue weighted by Gasteiger charge is -2.39. The molecule has 4 heteroatoms. The van der Waals surface area contributed by atoms with Gasteiger partial charge in [-0.1, -0.05) is 0 Å². The van der Waals surface area contributed by atoms with Crippen LogP contribution < -0.4 is 11.2 Å². The van der Waals surface area contributed by atoms with Crippen molar-refractivity contribution in [2.45, 2.75) is 12.2 Å². The summed E-state index contributed by atoms with van der Waals surface area (Å²) in [7, 11) is 0. The molecular formula is C6H13N3O. The van der Waals surface area contributed by atoms with E-state index in [-0.39, 0.29) is 0 Å². The second-order valence-electron chi connectivity index (χ2n) is 2.99. The average Bonchev–Trinajstić information content (AvgIpc) is 1.85. The summed E-state index contributed by atoms with van der Waals surface area (Å²) in [5.74, 6) is 5.65. The Hall–Kier alpha value is -0.160. The normalized spacial score (nSPS) is 41.7. The highest BCUT2D eigenvalue weighted by atomic mass is 16.5. The fourth-order valence-electron chi connectivity index (χ4n) is 1.59. The molecule has 2 aliphatic heterocycles. The lowest BCUT2D eigenvalue weighted by atomic mass is 10.2. The molecule has 2 aliphatic rings. The van der Waals surface area contributed by atoms with E-state index in [9.17, 15) is 0 Å². The zero-order valence-corrected chi connectivity index (χ0v) is 5.92. The summed E-state index contributed by atoms with van der Waals surface area (Å²) >= 11 is 0. The molecule has 0 radical (unpaired) electrons. The number of nitrogens with one attached hydrogen (secondary N) is 1. The number of hydrogen-bond donors (Lipinski definition) is 2. The van der Waals surface area contributed by atoms with Crippen LogP contribution in [0.3, 0.4) is 0 Å². The Morgan fingerprint density at radius 2 is 1.90 bits per heavy atom. The van der Waals surface area contributed by atoms with E-state index in [1.807, 2.05) is 5.01 Å². The molecule has 0 aromatic rings. The van der Waals surface area contributed by atoms with Crippen LogP contribution in [-0.2, 0) is 4.74 Å². The Labute approximate surface area is 60.3 Å². The Balaban J connectivity index is 1.98. The Bertz CT molecular complexity index is 114. The molecule has 2 heterocycles. The molecule has 2 atom stereocenters. The van der Waals surface area contributed by atoms with Gasteiger partial charge in [-0.05, 0) is 0 Å². The summed E-state index contributed by atoms with van der Waals surface area (Å²) in [6, 6.07) is 0. The minimum atomic E-state index is 0.317. The Morgan fingerprint density at radius 3 is 2.50 bits per heavy atom. The van der Waals surface area contributed by atoms with Crippen molar-refractivity contribution in [2.24, 2.45) is 5.84 Å². The number of morpholine rings is 2. The molecule has 0 aromatic carbocycles. The largest absolute Gasteiger partial charge is 0.370 e. The summed E-state index contributed by atoms with van der Waals surface area (Å²) in [5.41, 5.74) is 0. The van der Waals surface area contributed by atoms with Gasteiger partial charge in [0.1, 0.15) is 0 Å². The summed E-state index contributed by atoms with van der Waals surface area (Å²) in [5, 5.41) is 5.15. The third-order valence-corrected chi connectivity index (χ3v) is 2.01. The van der Waals surface area contributed by atoms with Crippen molar-refractivity contribution in [3.8, 4) is 0 Å². The van der Waals surface area contributed by atoms with Gasteiger partial charge < -0.3 is 10.1 Å².